The highest BCUT2D eigenvalue weighted by Crippen LogP contribution is 2.18. The highest BCUT2D eigenvalue weighted by atomic mass is 35.5. The second-order valence-electron chi connectivity index (χ2n) is 4.95. The topological polar surface area (TPSA) is 70.6 Å². The maximum absolute atomic E-state index is 6.09. The fourth-order valence-corrected chi connectivity index (χ4v) is 3.08. The number of hydrogen-bond acceptors (Lipinski definition) is 5. The number of nitrogens with two attached hydrogens (primary N) is 1. The molecule has 8 heteroatoms. The molecule has 2 aromatic heterocycles. The lowest BCUT2D eigenvalue weighted by atomic mass is 10.3. The van der Waals surface area contributed by atoms with Crippen molar-refractivity contribution in [2.24, 2.45) is 10.7 Å². The van der Waals surface area contributed by atoms with Gasteiger partial charge in [0.2, 0.25) is 0 Å². The zero-order valence-corrected chi connectivity index (χ0v) is 13.6. The van der Waals surface area contributed by atoms with Gasteiger partial charge in [0.25, 0.3) is 0 Å². The summed E-state index contributed by atoms with van der Waals surface area (Å²) in [6.07, 6.45) is 3.56. The Bertz CT molecular complexity index is 619. The van der Waals surface area contributed by atoms with E-state index in [1.54, 1.807) is 23.6 Å². The van der Waals surface area contributed by atoms with Crippen LogP contribution in [0.15, 0.2) is 34.9 Å². The quantitative estimate of drug-likeness (QED) is 0.526. The van der Waals surface area contributed by atoms with E-state index in [1.807, 2.05) is 17.6 Å². The molecule has 0 atom stereocenters. The Balaban J connectivity index is 1.54. The van der Waals surface area contributed by atoms with Crippen LogP contribution in [-0.2, 0) is 6.54 Å². The van der Waals surface area contributed by atoms with Crippen molar-refractivity contribution in [1.82, 2.24) is 14.9 Å². The molecule has 22 heavy (non-hydrogen) atoms. The number of halogens is 1. The van der Waals surface area contributed by atoms with Crippen molar-refractivity contribution in [3.63, 3.8) is 0 Å². The van der Waals surface area contributed by atoms with Crippen molar-refractivity contribution >= 4 is 34.0 Å². The van der Waals surface area contributed by atoms with Crippen molar-refractivity contribution in [2.75, 3.05) is 31.1 Å². The first-order valence-corrected chi connectivity index (χ1v) is 8.28. The summed E-state index contributed by atoms with van der Waals surface area (Å²) in [6.45, 7) is 4.04. The minimum Gasteiger partial charge on any atom is -0.370 e. The number of piperazine rings is 1. The van der Waals surface area contributed by atoms with Crippen LogP contribution in [0.5, 0.6) is 0 Å². The maximum atomic E-state index is 6.09. The zero-order valence-electron chi connectivity index (χ0n) is 12.0. The molecule has 3 rings (SSSR count). The SMILES string of the molecule is NC(=NCc1ccc(Cl)nc1)N1CCN(c2nccs2)CC1. The van der Waals surface area contributed by atoms with E-state index in [9.17, 15) is 0 Å². The first-order chi connectivity index (χ1) is 10.7. The van der Waals surface area contributed by atoms with Crippen LogP contribution < -0.4 is 10.6 Å². The van der Waals surface area contributed by atoms with Crippen molar-refractivity contribution in [1.29, 1.82) is 0 Å². The number of guanidine groups is 1. The van der Waals surface area contributed by atoms with E-state index in [4.69, 9.17) is 17.3 Å². The lowest BCUT2D eigenvalue weighted by molar-refractivity contribution is 0.380. The Hall–Kier alpha value is -1.86. The predicted octanol–water partition coefficient (Wildman–Crippen LogP) is 1.83. The Morgan fingerprint density at radius 1 is 1.27 bits per heavy atom. The first-order valence-electron chi connectivity index (χ1n) is 7.02. The molecule has 1 aliphatic heterocycles. The lowest BCUT2D eigenvalue weighted by Crippen LogP contribution is -2.51. The molecule has 6 nitrogen and oxygen atoms in total. The van der Waals surface area contributed by atoms with E-state index in [1.165, 1.54) is 0 Å². The van der Waals surface area contributed by atoms with Crippen LogP contribution in [0.3, 0.4) is 0 Å². The van der Waals surface area contributed by atoms with Gasteiger partial charge in [-0.25, -0.2) is 15.0 Å². The van der Waals surface area contributed by atoms with Gasteiger partial charge in [-0.2, -0.15) is 0 Å². The molecular formula is C14H17ClN6S. The molecule has 0 aromatic carbocycles. The molecule has 2 aromatic rings. The predicted molar refractivity (Wildman–Crippen MR) is 90.5 cm³/mol. The van der Waals surface area contributed by atoms with Crippen LogP contribution in [0.2, 0.25) is 5.15 Å². The van der Waals surface area contributed by atoms with E-state index in [0.29, 0.717) is 17.7 Å². The van der Waals surface area contributed by atoms with Crippen molar-refractivity contribution in [3.8, 4) is 0 Å². The maximum Gasteiger partial charge on any atom is 0.191 e. The van der Waals surface area contributed by atoms with Crippen molar-refractivity contribution in [3.05, 3.63) is 40.6 Å². The third kappa shape index (κ3) is 3.66. The molecule has 0 bridgehead atoms. The lowest BCUT2D eigenvalue weighted by Gasteiger charge is -2.35. The van der Waals surface area contributed by atoms with Crippen LogP contribution in [0, 0.1) is 0 Å². The monoisotopic (exact) mass is 336 g/mol. The number of aliphatic imine (C=N–C) groups is 1. The average Bonchev–Trinajstić information content (AvgIpc) is 3.09. The summed E-state index contributed by atoms with van der Waals surface area (Å²) in [6, 6.07) is 3.67. The molecule has 1 saturated heterocycles. The molecule has 2 N–H and O–H groups in total. The molecule has 0 aliphatic carbocycles. The van der Waals surface area contributed by atoms with Crippen LogP contribution in [0.4, 0.5) is 5.13 Å². The van der Waals surface area contributed by atoms with Gasteiger partial charge < -0.3 is 15.5 Å². The number of nitrogens with zero attached hydrogens (tertiary/aromatic N) is 5. The van der Waals surface area contributed by atoms with Gasteiger partial charge in [0, 0.05) is 44.0 Å². The molecule has 1 fully saturated rings. The summed E-state index contributed by atoms with van der Waals surface area (Å²) in [7, 11) is 0. The number of thiazole rings is 1. The molecular weight excluding hydrogens is 320 g/mol. The Kier molecular flexibility index (Phi) is 4.74. The fourth-order valence-electron chi connectivity index (χ4n) is 2.27. The normalized spacial score (nSPS) is 16.1. The van der Waals surface area contributed by atoms with Gasteiger partial charge in [0.1, 0.15) is 5.15 Å². The first kappa shape index (κ1) is 15.1. The molecule has 1 aliphatic rings. The second kappa shape index (κ2) is 6.93. The summed E-state index contributed by atoms with van der Waals surface area (Å²) < 4.78 is 0. The van der Waals surface area contributed by atoms with E-state index in [2.05, 4.69) is 24.8 Å². The van der Waals surface area contributed by atoms with Gasteiger partial charge in [-0.15, -0.1) is 11.3 Å². The Morgan fingerprint density at radius 2 is 2.09 bits per heavy atom. The molecule has 0 spiro atoms. The summed E-state index contributed by atoms with van der Waals surface area (Å²) in [5, 5.41) is 3.55. The third-order valence-electron chi connectivity index (χ3n) is 3.51. The Morgan fingerprint density at radius 3 is 2.73 bits per heavy atom. The average molecular weight is 337 g/mol. The number of aromatic nitrogens is 2. The summed E-state index contributed by atoms with van der Waals surface area (Å²) in [4.78, 5) is 17.2. The highest BCUT2D eigenvalue weighted by Gasteiger charge is 2.19. The van der Waals surface area contributed by atoms with E-state index < -0.39 is 0 Å². The third-order valence-corrected chi connectivity index (χ3v) is 4.56. The van der Waals surface area contributed by atoms with Crippen LogP contribution in [-0.4, -0.2) is 47.0 Å². The van der Waals surface area contributed by atoms with E-state index in [-0.39, 0.29) is 0 Å². The molecule has 0 radical (unpaired) electrons. The van der Waals surface area contributed by atoms with E-state index >= 15 is 0 Å². The van der Waals surface area contributed by atoms with Crippen LogP contribution >= 0.6 is 22.9 Å². The van der Waals surface area contributed by atoms with Gasteiger partial charge in [-0.1, -0.05) is 17.7 Å². The molecule has 0 saturated carbocycles. The number of rotatable bonds is 3. The van der Waals surface area contributed by atoms with E-state index in [0.717, 1.165) is 36.9 Å². The van der Waals surface area contributed by atoms with Gasteiger partial charge in [-0.3, -0.25) is 0 Å². The largest absolute Gasteiger partial charge is 0.370 e. The molecule has 3 heterocycles. The zero-order chi connectivity index (χ0) is 15.4. The van der Waals surface area contributed by atoms with Gasteiger partial charge in [0.15, 0.2) is 11.1 Å². The second-order valence-corrected chi connectivity index (χ2v) is 6.21. The van der Waals surface area contributed by atoms with Gasteiger partial charge in [0.05, 0.1) is 6.54 Å². The number of pyridine rings is 1. The van der Waals surface area contributed by atoms with Crippen LogP contribution in [0.1, 0.15) is 5.56 Å². The van der Waals surface area contributed by atoms with Gasteiger partial charge in [-0.05, 0) is 11.6 Å². The highest BCUT2D eigenvalue weighted by molar-refractivity contribution is 7.13. The Labute approximate surface area is 138 Å². The van der Waals surface area contributed by atoms with Gasteiger partial charge >= 0.3 is 0 Å². The smallest absolute Gasteiger partial charge is 0.191 e. The number of hydrogen-bond donors (Lipinski definition) is 1. The molecule has 0 amide bonds. The molecule has 116 valence electrons. The van der Waals surface area contributed by atoms with Crippen LogP contribution in [0.25, 0.3) is 0 Å². The number of anilines is 1. The minimum absolute atomic E-state index is 0.485. The fraction of sp³-hybridized carbons (Fsp3) is 0.357. The standard InChI is InChI=1S/C14H17ClN6S/c15-12-2-1-11(9-18-12)10-19-13(16)20-4-6-21(7-5-20)14-17-3-8-22-14/h1-3,8-9H,4-7,10H2,(H2,16,19). The minimum atomic E-state index is 0.485. The summed E-state index contributed by atoms with van der Waals surface area (Å²) in [5.41, 5.74) is 7.08. The summed E-state index contributed by atoms with van der Waals surface area (Å²) >= 11 is 7.43. The van der Waals surface area contributed by atoms with Crippen molar-refractivity contribution < 1.29 is 0 Å². The van der Waals surface area contributed by atoms with Crippen molar-refractivity contribution in [2.45, 2.75) is 6.54 Å². The molecule has 0 unspecified atom stereocenters. The summed E-state index contributed by atoms with van der Waals surface area (Å²) in [5.74, 6) is 0.578.